The van der Waals surface area contributed by atoms with Crippen LogP contribution in [0.25, 0.3) is 0 Å². The van der Waals surface area contributed by atoms with Gasteiger partial charge in [0.25, 0.3) is 0 Å². The third-order valence-corrected chi connectivity index (χ3v) is 5.12. The average molecular weight is 347 g/mol. The number of hydrogen-bond donors (Lipinski definition) is 5. The number of ether oxygens (including phenoxy) is 3. The molecule has 138 valence electrons. The first kappa shape index (κ1) is 18.0. The summed E-state index contributed by atoms with van der Waals surface area (Å²) in [5, 5.41) is 61.7. The Morgan fingerprint density at radius 2 is 2.00 bits per heavy atom. The Morgan fingerprint density at radius 1 is 1.29 bits per heavy atom. The monoisotopic (exact) mass is 347 g/mol. The van der Waals surface area contributed by atoms with Crippen molar-refractivity contribution in [2.24, 2.45) is 11.8 Å². The van der Waals surface area contributed by atoms with Gasteiger partial charge in [-0.3, -0.25) is 0 Å². The van der Waals surface area contributed by atoms with Gasteiger partial charge in [-0.2, -0.15) is 0 Å². The van der Waals surface area contributed by atoms with E-state index in [1.807, 2.05) is 0 Å². The summed E-state index contributed by atoms with van der Waals surface area (Å²) in [7, 11) is 0. The van der Waals surface area contributed by atoms with E-state index in [0.717, 1.165) is 0 Å². The van der Waals surface area contributed by atoms with E-state index in [0.29, 0.717) is 0 Å². The van der Waals surface area contributed by atoms with Gasteiger partial charge in [0.1, 0.15) is 24.4 Å². The van der Waals surface area contributed by atoms with Gasteiger partial charge in [-0.05, 0) is 13.0 Å². The van der Waals surface area contributed by atoms with Crippen molar-refractivity contribution in [1.29, 1.82) is 0 Å². The van der Waals surface area contributed by atoms with Crippen LogP contribution in [-0.2, 0) is 14.2 Å². The summed E-state index contributed by atoms with van der Waals surface area (Å²) in [5.41, 5.74) is -1.29. The Morgan fingerprint density at radius 3 is 2.67 bits per heavy atom. The van der Waals surface area contributed by atoms with E-state index in [9.17, 15) is 25.5 Å². The molecule has 1 aliphatic carbocycles. The molecule has 24 heavy (non-hydrogen) atoms. The van der Waals surface area contributed by atoms with Crippen LogP contribution in [0, 0.1) is 11.8 Å². The highest BCUT2D eigenvalue weighted by Gasteiger charge is 2.55. The van der Waals surface area contributed by atoms with E-state index in [1.165, 1.54) is 6.26 Å². The van der Waals surface area contributed by atoms with Crippen LogP contribution < -0.4 is 5.11 Å². The van der Waals surface area contributed by atoms with Gasteiger partial charge in [-0.15, -0.1) is 0 Å². The Kier molecular flexibility index (Phi) is 4.89. The Hall–Kier alpha value is -0.780. The number of aliphatic hydroxyl groups excluding tert-OH is 4. The highest BCUT2D eigenvalue weighted by atomic mass is 16.7. The lowest BCUT2D eigenvalue weighted by Gasteiger charge is -2.48. The van der Waals surface area contributed by atoms with E-state index >= 15 is 0 Å². The molecule has 0 amide bonds. The van der Waals surface area contributed by atoms with Crippen molar-refractivity contribution in [2.45, 2.75) is 62.0 Å². The van der Waals surface area contributed by atoms with Crippen LogP contribution in [0.2, 0.25) is 0 Å². The number of aliphatic hydroxyl groups is 5. The van der Waals surface area contributed by atoms with Crippen LogP contribution >= 0.6 is 0 Å². The lowest BCUT2D eigenvalue weighted by molar-refractivity contribution is -0.539. The van der Waals surface area contributed by atoms with Crippen LogP contribution in [0.3, 0.4) is 0 Å². The largest absolute Gasteiger partial charge is 0.829 e. The first-order chi connectivity index (χ1) is 11.3. The van der Waals surface area contributed by atoms with E-state index in [1.54, 1.807) is 13.0 Å². The molecule has 10 atom stereocenters. The average Bonchev–Trinajstić information content (AvgIpc) is 2.77. The molecule has 0 spiro atoms. The van der Waals surface area contributed by atoms with Gasteiger partial charge in [0, 0.05) is 18.6 Å². The fourth-order valence-corrected chi connectivity index (χ4v) is 3.84. The van der Waals surface area contributed by atoms with Gasteiger partial charge in [0.15, 0.2) is 0 Å². The molecule has 9 heteroatoms. The molecule has 9 nitrogen and oxygen atoms in total. The highest BCUT2D eigenvalue weighted by molar-refractivity contribution is 5.10. The van der Waals surface area contributed by atoms with Gasteiger partial charge < -0.3 is 44.8 Å². The maximum absolute atomic E-state index is 12.1. The lowest BCUT2D eigenvalue weighted by atomic mass is 9.85. The van der Waals surface area contributed by atoms with Crippen molar-refractivity contribution >= 4 is 0 Å². The quantitative estimate of drug-likeness (QED) is 0.355. The number of hydrogen-bond acceptors (Lipinski definition) is 9. The molecule has 0 aromatic carbocycles. The van der Waals surface area contributed by atoms with Crippen molar-refractivity contribution in [2.75, 3.05) is 6.61 Å². The van der Waals surface area contributed by atoms with Crippen LogP contribution in [0.1, 0.15) is 13.3 Å². The summed E-state index contributed by atoms with van der Waals surface area (Å²) < 4.78 is 15.8. The summed E-state index contributed by atoms with van der Waals surface area (Å²) in [4.78, 5) is 0. The zero-order chi connectivity index (χ0) is 17.6. The van der Waals surface area contributed by atoms with Gasteiger partial charge in [0.2, 0.25) is 6.29 Å². The van der Waals surface area contributed by atoms with Crippen LogP contribution in [0.4, 0.5) is 0 Å². The van der Waals surface area contributed by atoms with Crippen molar-refractivity contribution in [1.82, 2.24) is 0 Å². The number of fused-ring (bicyclic) bond motifs is 1. The second-order valence-electron chi connectivity index (χ2n) is 6.87. The van der Waals surface area contributed by atoms with E-state index in [2.05, 4.69) is 0 Å². The summed E-state index contributed by atoms with van der Waals surface area (Å²) >= 11 is 0. The predicted octanol–water partition coefficient (Wildman–Crippen LogP) is -3.21. The van der Waals surface area contributed by atoms with Gasteiger partial charge in [0.05, 0.1) is 30.5 Å². The molecule has 2 fully saturated rings. The van der Waals surface area contributed by atoms with E-state index in [-0.39, 0.29) is 6.42 Å². The van der Waals surface area contributed by atoms with Crippen molar-refractivity contribution in [3.63, 3.8) is 0 Å². The maximum Gasteiger partial charge on any atom is 0.205 e. The minimum Gasteiger partial charge on any atom is -0.829 e. The molecule has 2 heterocycles. The summed E-state index contributed by atoms with van der Waals surface area (Å²) in [5.74, 6) is -1.06. The van der Waals surface area contributed by atoms with E-state index < -0.39 is 67.1 Å². The molecule has 0 aromatic rings. The minimum atomic E-state index is -1.84. The summed E-state index contributed by atoms with van der Waals surface area (Å²) in [6.45, 7) is 0.927. The molecule has 3 rings (SSSR count). The van der Waals surface area contributed by atoms with Gasteiger partial charge in [-0.1, -0.05) is 0 Å². The van der Waals surface area contributed by atoms with Crippen LogP contribution in [0.15, 0.2) is 12.3 Å². The molecular formula is C15H23O9-. The molecule has 1 saturated heterocycles. The molecule has 0 aromatic heterocycles. The molecular weight excluding hydrogens is 324 g/mol. The number of rotatable bonds is 3. The van der Waals surface area contributed by atoms with Crippen LogP contribution in [0.5, 0.6) is 0 Å². The first-order valence-corrected chi connectivity index (χ1v) is 7.92. The molecule has 0 radical (unpaired) electrons. The second kappa shape index (κ2) is 6.50. The standard InChI is InChI=1S/C15H23O9/c1-15(21)4-7(17)6-2-3-22-14(9(6)15)24-12-11(19)10(18)8(5-16)23-13(12)20/h2-3,6-14,16-19,21H,4-5H2,1H3/q-1/t6?,7?,8-,9?,10-,11+,12-,13-,14?,15?/m1/s1. The van der Waals surface area contributed by atoms with E-state index in [4.69, 9.17) is 19.3 Å². The summed E-state index contributed by atoms with van der Waals surface area (Å²) in [6.07, 6.45) is -6.37. The topological polar surface area (TPSA) is 152 Å². The van der Waals surface area contributed by atoms with Gasteiger partial charge >= 0.3 is 0 Å². The third-order valence-electron chi connectivity index (χ3n) is 5.12. The Labute approximate surface area is 138 Å². The maximum atomic E-state index is 12.1. The lowest BCUT2D eigenvalue weighted by Crippen LogP contribution is -2.64. The van der Waals surface area contributed by atoms with Crippen LogP contribution in [-0.4, -0.2) is 80.8 Å². The molecule has 3 aliphatic rings. The van der Waals surface area contributed by atoms with Crippen molar-refractivity contribution in [3.05, 3.63) is 12.3 Å². The molecule has 0 bridgehead atoms. The molecule has 5 unspecified atom stereocenters. The Balaban J connectivity index is 1.76. The second-order valence-corrected chi connectivity index (χ2v) is 6.87. The molecule has 1 saturated carbocycles. The zero-order valence-corrected chi connectivity index (χ0v) is 13.1. The SMILES string of the molecule is CC1(O)CC(O)C2C=COC(O[C@@H]3[C@@H](O)[C@H](O)[C@@H](CO)O[C@H]3[O-])C21. The zero-order valence-electron chi connectivity index (χ0n) is 13.1. The summed E-state index contributed by atoms with van der Waals surface area (Å²) in [6, 6.07) is 0. The fraction of sp³-hybridized carbons (Fsp3) is 0.867. The van der Waals surface area contributed by atoms with Crippen molar-refractivity contribution in [3.8, 4) is 0 Å². The van der Waals surface area contributed by atoms with Crippen molar-refractivity contribution < 1.29 is 44.8 Å². The highest BCUT2D eigenvalue weighted by Crippen LogP contribution is 2.46. The smallest absolute Gasteiger partial charge is 0.205 e. The third kappa shape index (κ3) is 2.95. The minimum absolute atomic E-state index is 0.121. The first-order valence-electron chi connectivity index (χ1n) is 7.92. The molecule has 2 aliphatic heterocycles. The normalized spacial score (nSPS) is 54.4. The molecule has 5 N–H and O–H groups in total. The fourth-order valence-electron chi connectivity index (χ4n) is 3.84. The predicted molar refractivity (Wildman–Crippen MR) is 74.9 cm³/mol. The van der Waals surface area contributed by atoms with Gasteiger partial charge in [-0.25, -0.2) is 0 Å². The Bertz CT molecular complexity index is 482.